The Labute approximate surface area is 55.7 Å². The molecule has 3 N–H and O–H groups in total. The third-order valence-electron chi connectivity index (χ3n) is 0.718. The molecule has 0 heterocycles. The Kier molecular flexibility index (Phi) is 3.37. The minimum atomic E-state index is -2.09. The van der Waals surface area contributed by atoms with Crippen LogP contribution in [0.4, 0.5) is 0 Å². The maximum Gasteiger partial charge on any atom is 0.339 e. The van der Waals surface area contributed by atoms with Crippen molar-refractivity contribution in [3.05, 3.63) is 0 Å². The van der Waals surface area contributed by atoms with E-state index in [1.807, 2.05) is 0 Å². The predicted octanol–water partition coefficient (Wildman–Crippen LogP) is -2.08. The molecule has 6 nitrogen and oxygen atoms in total. The summed E-state index contributed by atoms with van der Waals surface area (Å²) in [6.45, 7) is -0.156. The number of carbonyl (C=O) groups excluding carboxylic acids is 1. The van der Waals surface area contributed by atoms with Crippen LogP contribution in [-0.4, -0.2) is 40.2 Å². The van der Waals surface area contributed by atoms with Crippen LogP contribution in [0.3, 0.4) is 0 Å². The monoisotopic (exact) mass is 150 g/mol. The first kappa shape index (κ1) is 8.86. The molecule has 0 aromatic carbocycles. The summed E-state index contributed by atoms with van der Waals surface area (Å²) in [5, 5.41) is 24.8. The highest BCUT2D eigenvalue weighted by molar-refractivity contribution is 5.72. The SMILES string of the molecule is O=CO[C@H](O)[C@H](O)C(=O)O. The maximum atomic E-state index is 9.81. The van der Waals surface area contributed by atoms with Gasteiger partial charge in [0, 0.05) is 0 Å². The van der Waals surface area contributed by atoms with E-state index in [2.05, 4.69) is 4.74 Å². The van der Waals surface area contributed by atoms with E-state index in [0.717, 1.165) is 0 Å². The fourth-order valence-corrected chi connectivity index (χ4v) is 0.253. The third-order valence-corrected chi connectivity index (χ3v) is 0.718. The molecule has 0 radical (unpaired) electrons. The molecular weight excluding hydrogens is 144 g/mol. The van der Waals surface area contributed by atoms with Gasteiger partial charge in [-0.15, -0.1) is 0 Å². The second kappa shape index (κ2) is 3.80. The smallest absolute Gasteiger partial charge is 0.339 e. The van der Waals surface area contributed by atoms with Crippen LogP contribution in [0.1, 0.15) is 0 Å². The minimum absolute atomic E-state index is 0.156. The van der Waals surface area contributed by atoms with Crippen molar-refractivity contribution in [2.24, 2.45) is 0 Å². The standard InChI is InChI=1S/C4H6O6/c5-1-10-4(9)2(6)3(7)8/h1-2,4,6,9H,(H,7,8)/t2-,4+/m1/s1. The molecule has 0 saturated carbocycles. The first-order valence-corrected chi connectivity index (χ1v) is 2.27. The molecule has 58 valence electrons. The van der Waals surface area contributed by atoms with Gasteiger partial charge in [-0.2, -0.15) is 0 Å². The molecule has 6 heteroatoms. The van der Waals surface area contributed by atoms with Gasteiger partial charge in [-0.3, -0.25) is 4.79 Å². The van der Waals surface area contributed by atoms with Gasteiger partial charge in [0.15, 0.2) is 0 Å². The lowest BCUT2D eigenvalue weighted by molar-refractivity contribution is -0.185. The Morgan fingerprint density at radius 2 is 2.00 bits per heavy atom. The second-order valence-electron chi connectivity index (χ2n) is 1.41. The zero-order valence-corrected chi connectivity index (χ0v) is 4.80. The highest BCUT2D eigenvalue weighted by atomic mass is 16.6. The molecule has 0 aromatic rings. The van der Waals surface area contributed by atoms with Gasteiger partial charge in [0.25, 0.3) is 6.47 Å². The summed E-state index contributed by atoms with van der Waals surface area (Å²) in [7, 11) is 0. The van der Waals surface area contributed by atoms with Crippen molar-refractivity contribution in [1.29, 1.82) is 0 Å². The van der Waals surface area contributed by atoms with Gasteiger partial charge in [-0.05, 0) is 0 Å². The molecule has 0 aliphatic rings. The van der Waals surface area contributed by atoms with E-state index in [9.17, 15) is 9.59 Å². The third kappa shape index (κ3) is 2.42. The summed E-state index contributed by atoms with van der Waals surface area (Å²) in [4.78, 5) is 19.3. The summed E-state index contributed by atoms with van der Waals surface area (Å²) >= 11 is 0. The first-order valence-electron chi connectivity index (χ1n) is 2.27. The summed E-state index contributed by atoms with van der Waals surface area (Å²) in [6, 6.07) is 0. The number of aliphatic carboxylic acids is 1. The predicted molar refractivity (Wildman–Crippen MR) is 26.8 cm³/mol. The normalized spacial score (nSPS) is 15.4. The fourth-order valence-electron chi connectivity index (χ4n) is 0.253. The van der Waals surface area contributed by atoms with Crippen molar-refractivity contribution in [2.75, 3.05) is 0 Å². The quantitative estimate of drug-likeness (QED) is 0.314. The van der Waals surface area contributed by atoms with Crippen LogP contribution in [0.2, 0.25) is 0 Å². The lowest BCUT2D eigenvalue weighted by Crippen LogP contribution is -2.35. The van der Waals surface area contributed by atoms with Gasteiger partial charge in [-0.1, -0.05) is 0 Å². The van der Waals surface area contributed by atoms with Crippen LogP contribution in [0.15, 0.2) is 0 Å². The lowest BCUT2D eigenvalue weighted by Gasteiger charge is -2.10. The number of carboxylic acids is 1. The number of rotatable bonds is 4. The lowest BCUT2D eigenvalue weighted by atomic mass is 10.3. The molecular formula is C4H6O6. The summed E-state index contributed by atoms with van der Waals surface area (Å²) < 4.78 is 3.71. The fraction of sp³-hybridized carbons (Fsp3) is 0.500. The van der Waals surface area contributed by atoms with Crippen LogP contribution in [0, 0.1) is 0 Å². The van der Waals surface area contributed by atoms with E-state index in [4.69, 9.17) is 15.3 Å². The van der Waals surface area contributed by atoms with Crippen molar-refractivity contribution in [3.8, 4) is 0 Å². The average Bonchev–Trinajstić information content (AvgIpc) is 1.87. The van der Waals surface area contributed by atoms with E-state index in [0.29, 0.717) is 0 Å². The Morgan fingerprint density at radius 3 is 2.30 bits per heavy atom. The Hall–Kier alpha value is -1.14. The van der Waals surface area contributed by atoms with Crippen LogP contribution < -0.4 is 0 Å². The Morgan fingerprint density at radius 1 is 1.50 bits per heavy atom. The number of aliphatic hydroxyl groups is 2. The molecule has 0 rings (SSSR count). The number of carboxylic acid groups (broad SMARTS) is 1. The van der Waals surface area contributed by atoms with Gasteiger partial charge < -0.3 is 20.1 Å². The Balaban J connectivity index is 3.80. The van der Waals surface area contributed by atoms with E-state index >= 15 is 0 Å². The first-order chi connectivity index (χ1) is 4.59. The van der Waals surface area contributed by atoms with Gasteiger partial charge >= 0.3 is 5.97 Å². The van der Waals surface area contributed by atoms with E-state index in [1.165, 1.54) is 0 Å². The average molecular weight is 150 g/mol. The van der Waals surface area contributed by atoms with Gasteiger partial charge in [0.1, 0.15) is 0 Å². The molecule has 0 saturated heterocycles. The van der Waals surface area contributed by atoms with Crippen LogP contribution in [0.25, 0.3) is 0 Å². The minimum Gasteiger partial charge on any atom is -0.479 e. The molecule has 0 unspecified atom stereocenters. The highest BCUT2D eigenvalue weighted by Crippen LogP contribution is 1.92. The topological polar surface area (TPSA) is 104 Å². The van der Waals surface area contributed by atoms with Crippen molar-refractivity contribution >= 4 is 12.4 Å². The zero-order chi connectivity index (χ0) is 8.15. The van der Waals surface area contributed by atoms with Crippen LogP contribution in [-0.2, 0) is 14.3 Å². The van der Waals surface area contributed by atoms with Crippen LogP contribution >= 0.6 is 0 Å². The molecule has 0 amide bonds. The maximum absolute atomic E-state index is 9.81. The largest absolute Gasteiger partial charge is 0.479 e. The van der Waals surface area contributed by atoms with Crippen molar-refractivity contribution < 1.29 is 29.6 Å². The van der Waals surface area contributed by atoms with Crippen LogP contribution in [0.5, 0.6) is 0 Å². The number of aliphatic hydroxyl groups excluding tert-OH is 2. The second-order valence-corrected chi connectivity index (χ2v) is 1.41. The molecule has 2 atom stereocenters. The zero-order valence-electron chi connectivity index (χ0n) is 4.80. The molecule has 0 aromatic heterocycles. The molecule has 0 bridgehead atoms. The summed E-state index contributed by atoms with van der Waals surface area (Å²) in [6.07, 6.45) is -4.10. The number of carbonyl (C=O) groups is 2. The molecule has 0 aliphatic heterocycles. The van der Waals surface area contributed by atoms with E-state index < -0.39 is 18.4 Å². The highest BCUT2D eigenvalue weighted by Gasteiger charge is 2.24. The van der Waals surface area contributed by atoms with Crippen molar-refractivity contribution in [2.45, 2.75) is 12.4 Å². The number of hydrogen-bond acceptors (Lipinski definition) is 5. The summed E-state index contributed by atoms with van der Waals surface area (Å²) in [5.74, 6) is -1.66. The molecule has 0 fully saturated rings. The van der Waals surface area contributed by atoms with Gasteiger partial charge in [0.2, 0.25) is 12.4 Å². The Bertz CT molecular complexity index is 132. The van der Waals surface area contributed by atoms with E-state index in [1.54, 1.807) is 0 Å². The van der Waals surface area contributed by atoms with Crippen molar-refractivity contribution in [3.63, 3.8) is 0 Å². The van der Waals surface area contributed by atoms with Crippen molar-refractivity contribution in [1.82, 2.24) is 0 Å². The molecule has 0 aliphatic carbocycles. The molecule has 0 spiro atoms. The molecule has 10 heavy (non-hydrogen) atoms. The van der Waals surface area contributed by atoms with Gasteiger partial charge in [0.05, 0.1) is 0 Å². The number of hydrogen-bond donors (Lipinski definition) is 3. The summed E-state index contributed by atoms with van der Waals surface area (Å²) in [5.41, 5.74) is 0. The van der Waals surface area contributed by atoms with Gasteiger partial charge in [-0.25, -0.2) is 4.79 Å². The number of ether oxygens (including phenoxy) is 1. The van der Waals surface area contributed by atoms with E-state index in [-0.39, 0.29) is 6.47 Å².